The van der Waals surface area contributed by atoms with Gasteiger partial charge in [0.2, 0.25) is 5.82 Å². The molecule has 1 rings (SSSR count). The molecular formula is C13H16F5N. The molecule has 0 fully saturated rings. The van der Waals surface area contributed by atoms with Crippen LogP contribution in [-0.2, 0) is 0 Å². The van der Waals surface area contributed by atoms with Crippen molar-refractivity contribution in [2.24, 2.45) is 0 Å². The molecule has 0 atom stereocenters. The van der Waals surface area contributed by atoms with E-state index in [0.717, 1.165) is 25.7 Å². The second-order valence-corrected chi connectivity index (χ2v) is 4.29. The normalized spacial score (nSPS) is 10.8. The lowest BCUT2D eigenvalue weighted by molar-refractivity contribution is 0.381. The molecule has 19 heavy (non-hydrogen) atoms. The molecule has 1 aromatic rings. The summed E-state index contributed by atoms with van der Waals surface area (Å²) in [7, 11) is 0. The first-order valence-electron chi connectivity index (χ1n) is 6.26. The average Bonchev–Trinajstić information content (AvgIpc) is 2.41. The van der Waals surface area contributed by atoms with Crippen molar-refractivity contribution in [1.82, 2.24) is 0 Å². The second kappa shape index (κ2) is 7.31. The summed E-state index contributed by atoms with van der Waals surface area (Å²) < 4.78 is 65.0. The Bertz CT molecular complexity index is 405. The van der Waals surface area contributed by atoms with Crippen molar-refractivity contribution in [2.75, 3.05) is 11.9 Å². The number of hydrogen-bond donors (Lipinski definition) is 1. The first-order valence-corrected chi connectivity index (χ1v) is 6.26. The molecule has 0 aliphatic carbocycles. The molecule has 0 unspecified atom stereocenters. The quantitative estimate of drug-likeness (QED) is 0.329. The van der Waals surface area contributed by atoms with E-state index in [4.69, 9.17) is 0 Å². The monoisotopic (exact) mass is 281 g/mol. The van der Waals surface area contributed by atoms with Gasteiger partial charge in [0.25, 0.3) is 0 Å². The summed E-state index contributed by atoms with van der Waals surface area (Å²) in [5.41, 5.74) is -0.952. The molecule has 1 N–H and O–H groups in total. The molecular weight excluding hydrogens is 265 g/mol. The van der Waals surface area contributed by atoms with Gasteiger partial charge in [-0.1, -0.05) is 32.6 Å². The van der Waals surface area contributed by atoms with Gasteiger partial charge in [-0.15, -0.1) is 0 Å². The van der Waals surface area contributed by atoms with Crippen LogP contribution in [0.3, 0.4) is 0 Å². The Labute approximate surface area is 108 Å². The van der Waals surface area contributed by atoms with Crippen LogP contribution in [0.25, 0.3) is 0 Å². The van der Waals surface area contributed by atoms with E-state index in [1.807, 2.05) is 6.92 Å². The van der Waals surface area contributed by atoms with Crippen molar-refractivity contribution in [3.8, 4) is 0 Å². The van der Waals surface area contributed by atoms with Crippen molar-refractivity contribution in [2.45, 2.75) is 39.0 Å². The number of benzene rings is 1. The smallest absolute Gasteiger partial charge is 0.200 e. The molecule has 0 heterocycles. The average molecular weight is 281 g/mol. The number of nitrogens with one attached hydrogen (secondary N) is 1. The zero-order valence-corrected chi connectivity index (χ0v) is 10.6. The Balaban J connectivity index is 2.64. The highest BCUT2D eigenvalue weighted by atomic mass is 19.2. The molecule has 0 amide bonds. The van der Waals surface area contributed by atoms with Crippen molar-refractivity contribution in [1.29, 1.82) is 0 Å². The van der Waals surface area contributed by atoms with E-state index < -0.39 is 34.8 Å². The zero-order valence-electron chi connectivity index (χ0n) is 10.6. The predicted molar refractivity (Wildman–Crippen MR) is 63.5 cm³/mol. The van der Waals surface area contributed by atoms with E-state index in [0.29, 0.717) is 6.42 Å². The molecule has 0 aromatic heterocycles. The summed E-state index contributed by atoms with van der Waals surface area (Å²) in [5, 5.41) is 2.27. The summed E-state index contributed by atoms with van der Waals surface area (Å²) in [6, 6.07) is 0. The molecule has 1 aromatic carbocycles. The maximum Gasteiger partial charge on any atom is 0.200 e. The molecule has 0 saturated carbocycles. The van der Waals surface area contributed by atoms with Gasteiger partial charge in [-0.05, 0) is 6.42 Å². The molecule has 0 aliphatic heterocycles. The minimum absolute atomic E-state index is 0.169. The van der Waals surface area contributed by atoms with E-state index in [9.17, 15) is 22.0 Å². The third kappa shape index (κ3) is 3.81. The number of rotatable bonds is 7. The fraction of sp³-hybridized carbons (Fsp3) is 0.538. The van der Waals surface area contributed by atoms with Crippen LogP contribution in [0.5, 0.6) is 0 Å². The summed E-state index contributed by atoms with van der Waals surface area (Å²) in [6.07, 6.45) is 4.55. The minimum Gasteiger partial charge on any atom is -0.380 e. The Morgan fingerprint density at radius 3 is 1.68 bits per heavy atom. The SMILES string of the molecule is CCCCCCCNc1c(F)c(F)c(F)c(F)c1F. The number of halogens is 5. The van der Waals surface area contributed by atoms with Gasteiger partial charge in [0.05, 0.1) is 0 Å². The third-order valence-electron chi connectivity index (χ3n) is 2.79. The topological polar surface area (TPSA) is 12.0 Å². The Kier molecular flexibility index (Phi) is 6.05. The molecule has 0 aliphatic rings. The first-order chi connectivity index (χ1) is 9.00. The molecule has 0 bridgehead atoms. The molecule has 0 saturated heterocycles. The third-order valence-corrected chi connectivity index (χ3v) is 2.79. The maximum absolute atomic E-state index is 13.2. The van der Waals surface area contributed by atoms with Crippen molar-refractivity contribution >= 4 is 5.69 Å². The summed E-state index contributed by atoms with van der Waals surface area (Å²) in [4.78, 5) is 0. The van der Waals surface area contributed by atoms with E-state index in [1.54, 1.807) is 0 Å². The van der Waals surface area contributed by atoms with Gasteiger partial charge in [-0.2, -0.15) is 0 Å². The van der Waals surface area contributed by atoms with Crippen LogP contribution in [0.4, 0.5) is 27.6 Å². The standard InChI is InChI=1S/C13H16F5N/c1-2-3-4-5-6-7-19-13-11(17)9(15)8(14)10(16)12(13)18/h19H,2-7H2,1H3. The van der Waals surface area contributed by atoms with Gasteiger partial charge in [0.1, 0.15) is 5.69 Å². The van der Waals surface area contributed by atoms with Crippen LogP contribution in [0.1, 0.15) is 39.0 Å². The largest absolute Gasteiger partial charge is 0.380 e. The lowest BCUT2D eigenvalue weighted by atomic mass is 10.1. The maximum atomic E-state index is 13.2. The molecule has 0 spiro atoms. The lowest BCUT2D eigenvalue weighted by Crippen LogP contribution is -2.10. The van der Waals surface area contributed by atoms with Gasteiger partial charge >= 0.3 is 0 Å². The number of hydrogen-bond acceptors (Lipinski definition) is 1. The summed E-state index contributed by atoms with van der Waals surface area (Å²) >= 11 is 0. The highest BCUT2D eigenvalue weighted by Crippen LogP contribution is 2.27. The highest BCUT2D eigenvalue weighted by Gasteiger charge is 2.25. The summed E-state index contributed by atoms with van der Waals surface area (Å²) in [6.45, 7) is 2.22. The van der Waals surface area contributed by atoms with Crippen LogP contribution < -0.4 is 5.32 Å². The fourth-order valence-corrected chi connectivity index (χ4v) is 1.70. The lowest BCUT2D eigenvalue weighted by Gasteiger charge is -2.10. The van der Waals surface area contributed by atoms with Gasteiger partial charge in [-0.25, -0.2) is 22.0 Å². The molecule has 108 valence electrons. The Morgan fingerprint density at radius 1 is 0.684 bits per heavy atom. The van der Waals surface area contributed by atoms with Crippen LogP contribution in [0.2, 0.25) is 0 Å². The Hall–Kier alpha value is -1.33. The molecule has 1 nitrogen and oxygen atoms in total. The second-order valence-electron chi connectivity index (χ2n) is 4.29. The number of unbranched alkanes of at least 4 members (excludes halogenated alkanes) is 4. The van der Waals surface area contributed by atoms with E-state index >= 15 is 0 Å². The van der Waals surface area contributed by atoms with Crippen molar-refractivity contribution in [3.05, 3.63) is 29.1 Å². The van der Waals surface area contributed by atoms with Crippen LogP contribution in [-0.4, -0.2) is 6.54 Å². The van der Waals surface area contributed by atoms with E-state index in [1.165, 1.54) is 0 Å². The van der Waals surface area contributed by atoms with Crippen LogP contribution in [0.15, 0.2) is 0 Å². The van der Waals surface area contributed by atoms with Gasteiger partial charge in [-0.3, -0.25) is 0 Å². The van der Waals surface area contributed by atoms with E-state index in [-0.39, 0.29) is 6.54 Å². The minimum atomic E-state index is -2.14. The zero-order chi connectivity index (χ0) is 14.4. The van der Waals surface area contributed by atoms with Crippen molar-refractivity contribution in [3.63, 3.8) is 0 Å². The van der Waals surface area contributed by atoms with Gasteiger partial charge < -0.3 is 5.32 Å². The van der Waals surface area contributed by atoms with Gasteiger partial charge in [0, 0.05) is 6.54 Å². The number of anilines is 1. The fourth-order valence-electron chi connectivity index (χ4n) is 1.70. The van der Waals surface area contributed by atoms with Gasteiger partial charge in [0.15, 0.2) is 23.3 Å². The van der Waals surface area contributed by atoms with Crippen LogP contribution in [0, 0.1) is 29.1 Å². The first kappa shape index (κ1) is 15.7. The molecule has 6 heteroatoms. The van der Waals surface area contributed by atoms with Crippen molar-refractivity contribution < 1.29 is 22.0 Å². The summed E-state index contributed by atoms with van der Waals surface area (Å²) in [5.74, 6) is -9.61. The Morgan fingerprint density at radius 2 is 1.16 bits per heavy atom. The predicted octanol–water partition coefficient (Wildman–Crippen LogP) is 4.76. The highest BCUT2D eigenvalue weighted by molar-refractivity contribution is 5.47. The van der Waals surface area contributed by atoms with Crippen LogP contribution >= 0.6 is 0 Å². The molecule has 0 radical (unpaired) electrons. The van der Waals surface area contributed by atoms with E-state index in [2.05, 4.69) is 5.32 Å².